The Labute approximate surface area is 117 Å². The summed E-state index contributed by atoms with van der Waals surface area (Å²) in [6.07, 6.45) is 0. The van der Waals surface area contributed by atoms with Gasteiger partial charge in [0.05, 0.1) is 10.8 Å². The number of carbonyl (C=O) groups is 1. The Balaban J connectivity index is 2.99. The van der Waals surface area contributed by atoms with Crippen LogP contribution in [0.25, 0.3) is 0 Å². The molecule has 2 N–H and O–H groups in total. The molecule has 1 aromatic carbocycles. The van der Waals surface area contributed by atoms with Gasteiger partial charge in [-0.2, -0.15) is 0 Å². The molecule has 2 unspecified atom stereocenters. The average molecular weight is 282 g/mol. The molecule has 0 aliphatic heterocycles. The Morgan fingerprint density at radius 3 is 2.47 bits per heavy atom. The number of carbonyl (C=O) groups excluding carboxylic acids is 1. The molecule has 106 valence electrons. The van der Waals surface area contributed by atoms with Crippen LogP contribution in [0.15, 0.2) is 23.1 Å². The summed E-state index contributed by atoms with van der Waals surface area (Å²) >= 11 is 0. The lowest BCUT2D eigenvalue weighted by Gasteiger charge is -2.23. The quantitative estimate of drug-likeness (QED) is 0.839. The summed E-state index contributed by atoms with van der Waals surface area (Å²) < 4.78 is 12.5. The summed E-state index contributed by atoms with van der Waals surface area (Å²) in [6, 6.07) is 5.29. The van der Waals surface area contributed by atoms with Crippen LogP contribution < -0.4 is 5.73 Å². The van der Waals surface area contributed by atoms with Gasteiger partial charge in [-0.25, -0.2) is 0 Å². The fraction of sp³-hybridized carbons (Fsp3) is 0.500. The summed E-state index contributed by atoms with van der Waals surface area (Å²) in [5.74, 6) is -0.0786. The van der Waals surface area contributed by atoms with Crippen LogP contribution in [0.5, 0.6) is 0 Å². The third-order valence-electron chi connectivity index (χ3n) is 3.17. The Morgan fingerprint density at radius 2 is 1.95 bits per heavy atom. The predicted molar refractivity (Wildman–Crippen MR) is 79.4 cm³/mol. The van der Waals surface area contributed by atoms with E-state index in [-0.39, 0.29) is 5.91 Å². The Kier molecular flexibility index (Phi) is 5.54. The first-order chi connectivity index (χ1) is 8.92. The average Bonchev–Trinajstić information content (AvgIpc) is 2.41. The number of nitrogens with zero attached hydrogens (tertiary/aromatic N) is 1. The molecule has 0 saturated heterocycles. The molecular weight excluding hydrogens is 260 g/mol. The molecule has 0 radical (unpaired) electrons. The minimum absolute atomic E-state index is 0.0786. The monoisotopic (exact) mass is 282 g/mol. The molecule has 4 nitrogen and oxygen atoms in total. The molecule has 0 aliphatic carbocycles. The summed E-state index contributed by atoms with van der Waals surface area (Å²) in [4.78, 5) is 14.6. The van der Waals surface area contributed by atoms with E-state index in [0.29, 0.717) is 23.7 Å². The second kappa shape index (κ2) is 6.70. The second-order valence-corrected chi connectivity index (χ2v) is 6.22. The molecule has 0 aromatic heterocycles. The largest absolute Gasteiger partial charge is 0.399 e. The van der Waals surface area contributed by atoms with E-state index in [1.807, 2.05) is 26.8 Å². The second-order valence-electron chi connectivity index (χ2n) is 4.48. The van der Waals surface area contributed by atoms with E-state index >= 15 is 0 Å². The van der Waals surface area contributed by atoms with Crippen molar-refractivity contribution in [1.82, 2.24) is 4.90 Å². The number of aryl methyl sites for hydroxylation is 1. The van der Waals surface area contributed by atoms with Crippen LogP contribution in [0.4, 0.5) is 5.69 Å². The predicted octanol–water partition coefficient (Wildman–Crippen LogP) is 1.94. The fourth-order valence-electron chi connectivity index (χ4n) is 1.91. The molecule has 0 spiro atoms. The van der Waals surface area contributed by atoms with E-state index in [0.717, 1.165) is 5.56 Å². The third-order valence-corrected chi connectivity index (χ3v) is 4.89. The molecule has 1 aromatic rings. The van der Waals surface area contributed by atoms with E-state index in [4.69, 9.17) is 5.73 Å². The van der Waals surface area contributed by atoms with Gasteiger partial charge in [-0.05, 0) is 45.4 Å². The van der Waals surface area contributed by atoms with Crippen LogP contribution in [-0.2, 0) is 15.6 Å². The smallest absolute Gasteiger partial charge is 0.238 e. The van der Waals surface area contributed by atoms with Crippen LogP contribution in [0.2, 0.25) is 0 Å². The highest BCUT2D eigenvalue weighted by molar-refractivity contribution is 7.86. The normalized spacial score (nSPS) is 13.9. The first-order valence-corrected chi connectivity index (χ1v) is 7.69. The zero-order valence-corrected chi connectivity index (χ0v) is 12.8. The number of hydrogen-bond donors (Lipinski definition) is 1. The highest BCUT2D eigenvalue weighted by Gasteiger charge is 2.25. The van der Waals surface area contributed by atoms with Crippen LogP contribution in [0, 0.1) is 6.92 Å². The van der Waals surface area contributed by atoms with Crippen molar-refractivity contribution in [2.45, 2.75) is 37.8 Å². The van der Waals surface area contributed by atoms with Crippen molar-refractivity contribution in [3.8, 4) is 0 Å². The van der Waals surface area contributed by atoms with E-state index < -0.39 is 16.0 Å². The molecule has 2 atom stereocenters. The maximum absolute atomic E-state index is 12.5. The molecule has 0 bridgehead atoms. The lowest BCUT2D eigenvalue weighted by molar-refractivity contribution is -0.129. The van der Waals surface area contributed by atoms with Crippen molar-refractivity contribution in [1.29, 1.82) is 0 Å². The highest BCUT2D eigenvalue weighted by Crippen LogP contribution is 2.20. The first-order valence-electron chi connectivity index (χ1n) is 6.47. The Morgan fingerprint density at radius 1 is 1.37 bits per heavy atom. The first kappa shape index (κ1) is 15.7. The maximum atomic E-state index is 12.5. The van der Waals surface area contributed by atoms with Crippen molar-refractivity contribution >= 4 is 22.4 Å². The highest BCUT2D eigenvalue weighted by atomic mass is 32.2. The minimum atomic E-state index is -1.38. The van der Waals surface area contributed by atoms with Gasteiger partial charge < -0.3 is 10.6 Å². The molecule has 5 heteroatoms. The number of nitrogens with two attached hydrogens (primary N) is 1. The van der Waals surface area contributed by atoms with Crippen molar-refractivity contribution in [2.75, 3.05) is 18.8 Å². The van der Waals surface area contributed by atoms with Crippen LogP contribution >= 0.6 is 0 Å². The van der Waals surface area contributed by atoms with Crippen LogP contribution in [-0.4, -0.2) is 33.4 Å². The van der Waals surface area contributed by atoms with Gasteiger partial charge in [-0.15, -0.1) is 0 Å². The molecule has 19 heavy (non-hydrogen) atoms. The number of rotatable bonds is 5. The number of hydrogen-bond acceptors (Lipinski definition) is 3. The summed E-state index contributed by atoms with van der Waals surface area (Å²) in [6.45, 7) is 8.69. The zero-order valence-electron chi connectivity index (χ0n) is 12.0. The Bertz CT molecular complexity index is 484. The van der Waals surface area contributed by atoms with E-state index in [9.17, 15) is 9.00 Å². The van der Waals surface area contributed by atoms with Gasteiger partial charge in [0, 0.05) is 23.7 Å². The third kappa shape index (κ3) is 3.56. The maximum Gasteiger partial charge on any atom is 0.238 e. The minimum Gasteiger partial charge on any atom is -0.399 e. The SMILES string of the molecule is CCN(CC)C(=O)C(C)S(=O)c1cc(N)ccc1C. The van der Waals surface area contributed by atoms with E-state index in [1.54, 1.807) is 24.0 Å². The van der Waals surface area contributed by atoms with Crippen molar-refractivity contribution < 1.29 is 9.00 Å². The molecule has 0 heterocycles. The van der Waals surface area contributed by atoms with Crippen LogP contribution in [0.1, 0.15) is 26.3 Å². The standard InChI is InChI=1S/C14H22N2O2S/c1-5-16(6-2)14(17)11(4)19(18)13-9-12(15)8-7-10(13)3/h7-9,11H,5-6,15H2,1-4H3. The summed E-state index contributed by atoms with van der Waals surface area (Å²) in [5, 5.41) is -0.555. The number of anilines is 1. The van der Waals surface area contributed by atoms with Crippen molar-refractivity contribution in [2.24, 2.45) is 0 Å². The van der Waals surface area contributed by atoms with Gasteiger partial charge in [0.25, 0.3) is 0 Å². The summed E-state index contributed by atoms with van der Waals surface area (Å²) in [5.41, 5.74) is 7.19. The van der Waals surface area contributed by atoms with Crippen LogP contribution in [0.3, 0.4) is 0 Å². The lowest BCUT2D eigenvalue weighted by atomic mass is 10.2. The Hall–Kier alpha value is -1.36. The van der Waals surface area contributed by atoms with Gasteiger partial charge in [0.15, 0.2) is 0 Å². The zero-order chi connectivity index (χ0) is 14.6. The lowest BCUT2D eigenvalue weighted by Crippen LogP contribution is -2.39. The molecular formula is C14H22N2O2S. The van der Waals surface area contributed by atoms with Crippen molar-refractivity contribution in [3.05, 3.63) is 23.8 Å². The molecule has 0 fully saturated rings. The van der Waals surface area contributed by atoms with Gasteiger partial charge in [-0.1, -0.05) is 6.07 Å². The van der Waals surface area contributed by atoms with Crippen molar-refractivity contribution in [3.63, 3.8) is 0 Å². The number of benzene rings is 1. The van der Waals surface area contributed by atoms with Gasteiger partial charge in [0.1, 0.15) is 5.25 Å². The van der Waals surface area contributed by atoms with E-state index in [1.165, 1.54) is 0 Å². The fourth-order valence-corrected chi connectivity index (χ4v) is 3.26. The molecule has 1 rings (SSSR count). The van der Waals surface area contributed by atoms with E-state index in [2.05, 4.69) is 0 Å². The van der Waals surface area contributed by atoms with Gasteiger partial charge in [0.2, 0.25) is 5.91 Å². The summed E-state index contributed by atoms with van der Waals surface area (Å²) in [7, 11) is -1.38. The number of amides is 1. The van der Waals surface area contributed by atoms with Gasteiger partial charge >= 0.3 is 0 Å². The topological polar surface area (TPSA) is 63.4 Å². The van der Waals surface area contributed by atoms with Gasteiger partial charge in [-0.3, -0.25) is 9.00 Å². The molecule has 0 saturated carbocycles. The molecule has 0 aliphatic rings. The molecule has 1 amide bonds. The number of nitrogen functional groups attached to an aromatic ring is 1.